The van der Waals surface area contributed by atoms with Crippen LogP contribution in [0.5, 0.6) is 0 Å². The molecule has 2 aliphatic heterocycles. The Labute approximate surface area is 113 Å². The van der Waals surface area contributed by atoms with E-state index in [4.69, 9.17) is 14.2 Å². The third-order valence-electron chi connectivity index (χ3n) is 5.53. The van der Waals surface area contributed by atoms with Crippen LogP contribution < -0.4 is 0 Å². The van der Waals surface area contributed by atoms with Gasteiger partial charge in [-0.05, 0) is 46.0 Å². The van der Waals surface area contributed by atoms with Crippen molar-refractivity contribution in [1.29, 1.82) is 0 Å². The number of hydrogen-bond acceptors (Lipinski definition) is 4. The number of esters is 1. The Morgan fingerprint density at radius 1 is 0.947 bits per heavy atom. The Kier molecular flexibility index (Phi) is 2.14. The van der Waals surface area contributed by atoms with E-state index < -0.39 is 11.2 Å². The summed E-state index contributed by atoms with van der Waals surface area (Å²) in [6.45, 7) is 4.09. The molecule has 0 aromatic heterocycles. The zero-order chi connectivity index (χ0) is 13.4. The summed E-state index contributed by atoms with van der Waals surface area (Å²) in [6.07, 6.45) is 7.89. The lowest BCUT2D eigenvalue weighted by Gasteiger charge is -2.37. The van der Waals surface area contributed by atoms with Gasteiger partial charge in [-0.15, -0.1) is 0 Å². The third-order valence-corrected chi connectivity index (χ3v) is 5.53. The summed E-state index contributed by atoms with van der Waals surface area (Å²) in [4.78, 5) is 12.6. The quantitative estimate of drug-likeness (QED) is 0.569. The van der Waals surface area contributed by atoms with Crippen molar-refractivity contribution in [1.82, 2.24) is 0 Å². The van der Waals surface area contributed by atoms with Gasteiger partial charge in [0.05, 0.1) is 5.41 Å². The Bertz CT molecular complexity index is 431. The van der Waals surface area contributed by atoms with Gasteiger partial charge in [0.1, 0.15) is 5.60 Å². The molecule has 2 saturated heterocycles. The fraction of sp³-hybridized carbons (Fsp3) is 0.933. The predicted octanol–water partition coefficient (Wildman–Crippen LogP) is 2.90. The lowest BCUT2D eigenvalue weighted by atomic mass is 9.75. The van der Waals surface area contributed by atoms with Crippen LogP contribution in [-0.2, 0) is 19.0 Å². The Morgan fingerprint density at radius 2 is 1.63 bits per heavy atom. The Hall–Kier alpha value is -0.610. The van der Waals surface area contributed by atoms with Crippen LogP contribution in [0.2, 0.25) is 0 Å². The molecule has 4 fully saturated rings. The normalized spacial score (nSPS) is 49.8. The van der Waals surface area contributed by atoms with Crippen LogP contribution in [0.1, 0.15) is 65.2 Å². The highest BCUT2D eigenvalue weighted by Crippen LogP contribution is 2.77. The van der Waals surface area contributed by atoms with Crippen LogP contribution in [0, 0.1) is 5.41 Å². The fourth-order valence-corrected chi connectivity index (χ4v) is 3.95. The highest BCUT2D eigenvalue weighted by Gasteiger charge is 2.93. The first-order valence-electron chi connectivity index (χ1n) is 7.55. The number of hydrogen-bond donors (Lipinski definition) is 0. The highest BCUT2D eigenvalue weighted by atomic mass is 17.0. The molecule has 4 heteroatoms. The van der Waals surface area contributed by atoms with Gasteiger partial charge in [-0.2, -0.15) is 0 Å². The van der Waals surface area contributed by atoms with Crippen molar-refractivity contribution < 1.29 is 19.0 Å². The zero-order valence-electron chi connectivity index (χ0n) is 11.8. The minimum atomic E-state index is -0.434. The molecule has 1 unspecified atom stereocenters. The van der Waals surface area contributed by atoms with Gasteiger partial charge in [0.15, 0.2) is 0 Å². The van der Waals surface area contributed by atoms with Crippen LogP contribution in [0.3, 0.4) is 0 Å². The molecule has 0 bridgehead atoms. The van der Waals surface area contributed by atoms with Gasteiger partial charge in [-0.25, -0.2) is 0 Å². The monoisotopic (exact) mass is 266 g/mol. The van der Waals surface area contributed by atoms with Crippen molar-refractivity contribution in [2.45, 2.75) is 82.4 Å². The van der Waals surface area contributed by atoms with Crippen LogP contribution in [0.4, 0.5) is 0 Å². The number of carbonyl (C=O) groups excluding carboxylic acids is 1. The van der Waals surface area contributed by atoms with E-state index in [0.29, 0.717) is 6.42 Å². The molecule has 4 aliphatic rings. The standard InChI is InChI=1S/C15H22O4/c1-12(8-9-14-15(10-12,18-14)19-14)11(16)17-13(2)6-4-3-5-7-13/h3-10H2,1-2H3. The van der Waals surface area contributed by atoms with Crippen LogP contribution in [0.25, 0.3) is 0 Å². The molecular weight excluding hydrogens is 244 g/mol. The molecule has 0 N–H and O–H groups in total. The maximum atomic E-state index is 12.6. The first-order chi connectivity index (χ1) is 8.91. The molecule has 0 spiro atoms. The summed E-state index contributed by atoms with van der Waals surface area (Å²) >= 11 is 0. The summed E-state index contributed by atoms with van der Waals surface area (Å²) in [6, 6.07) is 0. The predicted molar refractivity (Wildman–Crippen MR) is 67.2 cm³/mol. The third kappa shape index (κ3) is 1.62. The molecule has 4 rings (SSSR count). The second kappa shape index (κ2) is 3.34. The van der Waals surface area contributed by atoms with Crippen molar-refractivity contribution in [2.75, 3.05) is 0 Å². The van der Waals surface area contributed by atoms with Crippen molar-refractivity contribution in [3.63, 3.8) is 0 Å². The van der Waals surface area contributed by atoms with E-state index in [1.54, 1.807) is 0 Å². The SMILES string of the molecule is CC1(OC(=O)C2(C)CCC34OC3(C2)O4)CCCCC1. The minimum Gasteiger partial charge on any atom is -0.459 e. The molecule has 2 heterocycles. The first-order valence-corrected chi connectivity index (χ1v) is 7.55. The molecule has 1 atom stereocenters. The smallest absolute Gasteiger partial charge is 0.312 e. The molecule has 2 aliphatic carbocycles. The van der Waals surface area contributed by atoms with Crippen molar-refractivity contribution in [3.8, 4) is 0 Å². The molecule has 2 saturated carbocycles. The summed E-state index contributed by atoms with van der Waals surface area (Å²) in [5.41, 5.74) is -0.684. The van der Waals surface area contributed by atoms with E-state index >= 15 is 0 Å². The van der Waals surface area contributed by atoms with E-state index in [1.807, 2.05) is 6.92 Å². The number of ether oxygens (including phenoxy) is 3. The molecule has 0 aromatic rings. The molecule has 0 aromatic carbocycles. The summed E-state index contributed by atoms with van der Waals surface area (Å²) in [7, 11) is 0. The van der Waals surface area contributed by atoms with Crippen LogP contribution in [0.15, 0.2) is 0 Å². The minimum absolute atomic E-state index is 0.0501. The van der Waals surface area contributed by atoms with Crippen molar-refractivity contribution in [2.24, 2.45) is 5.41 Å². The average molecular weight is 266 g/mol. The fourth-order valence-electron chi connectivity index (χ4n) is 3.95. The van der Waals surface area contributed by atoms with Gasteiger partial charge in [-0.3, -0.25) is 4.79 Å². The highest BCUT2D eigenvalue weighted by molar-refractivity contribution is 5.77. The number of carbonyl (C=O) groups is 1. The van der Waals surface area contributed by atoms with Gasteiger partial charge in [0.2, 0.25) is 11.6 Å². The molecular formula is C15H22O4. The van der Waals surface area contributed by atoms with Gasteiger partial charge in [0, 0.05) is 12.8 Å². The van der Waals surface area contributed by atoms with Gasteiger partial charge in [0.25, 0.3) is 0 Å². The Morgan fingerprint density at radius 3 is 2.26 bits per heavy atom. The number of rotatable bonds is 2. The van der Waals surface area contributed by atoms with Gasteiger partial charge < -0.3 is 14.2 Å². The summed E-state index contributed by atoms with van der Waals surface area (Å²) in [5.74, 6) is -0.750. The topological polar surface area (TPSA) is 51.4 Å². The van der Waals surface area contributed by atoms with E-state index in [2.05, 4.69) is 6.92 Å². The molecule has 106 valence electrons. The molecule has 19 heavy (non-hydrogen) atoms. The lowest BCUT2D eigenvalue weighted by Crippen LogP contribution is -2.42. The van der Waals surface area contributed by atoms with Gasteiger partial charge in [-0.1, -0.05) is 6.42 Å². The summed E-state index contributed by atoms with van der Waals surface area (Å²) < 4.78 is 17.0. The molecule has 0 amide bonds. The van der Waals surface area contributed by atoms with Crippen molar-refractivity contribution >= 4 is 5.97 Å². The molecule has 0 radical (unpaired) electrons. The maximum absolute atomic E-state index is 12.6. The van der Waals surface area contributed by atoms with E-state index in [1.165, 1.54) is 19.3 Å². The average Bonchev–Trinajstić information content (AvgIpc) is 3.14. The van der Waals surface area contributed by atoms with Crippen molar-refractivity contribution in [3.05, 3.63) is 0 Å². The zero-order valence-corrected chi connectivity index (χ0v) is 11.8. The largest absolute Gasteiger partial charge is 0.459 e. The molecule has 4 nitrogen and oxygen atoms in total. The lowest BCUT2D eigenvalue weighted by molar-refractivity contribution is -0.176. The Balaban J connectivity index is 1.45. The second-order valence-corrected chi connectivity index (χ2v) is 7.35. The van der Waals surface area contributed by atoms with Gasteiger partial charge >= 0.3 is 5.97 Å². The maximum Gasteiger partial charge on any atom is 0.312 e. The van der Waals surface area contributed by atoms with Crippen LogP contribution in [-0.4, -0.2) is 23.1 Å². The summed E-state index contributed by atoms with van der Waals surface area (Å²) in [5, 5.41) is 0. The number of epoxide rings is 2. The first kappa shape index (κ1) is 12.2. The van der Waals surface area contributed by atoms with Crippen LogP contribution >= 0.6 is 0 Å². The van der Waals surface area contributed by atoms with E-state index in [-0.39, 0.29) is 17.4 Å². The van der Waals surface area contributed by atoms with E-state index in [0.717, 1.165) is 25.7 Å². The van der Waals surface area contributed by atoms with E-state index in [9.17, 15) is 4.79 Å². The second-order valence-electron chi connectivity index (χ2n) is 7.35.